The fourth-order valence-corrected chi connectivity index (χ4v) is 4.79. The Kier molecular flexibility index (Phi) is 3.46. The first-order valence-electron chi connectivity index (χ1n) is 7.26. The van der Waals surface area contributed by atoms with Gasteiger partial charge in [-0.2, -0.15) is 4.31 Å². The Bertz CT molecular complexity index is 618. The van der Waals surface area contributed by atoms with Gasteiger partial charge in [-0.15, -0.1) is 0 Å². The van der Waals surface area contributed by atoms with Crippen LogP contribution in [0.1, 0.15) is 31.2 Å². The number of nitrogens with zero attached hydrogens (tertiary/aromatic N) is 1. The number of hydrogen-bond donors (Lipinski definition) is 0. The lowest BCUT2D eigenvalue weighted by Gasteiger charge is -2.28. The van der Waals surface area contributed by atoms with Crippen molar-refractivity contribution in [3.8, 4) is 0 Å². The Balaban J connectivity index is 1.84. The minimum Gasteiger partial charge on any atom is -0.207 e. The van der Waals surface area contributed by atoms with Crippen LogP contribution in [0.25, 0.3) is 0 Å². The van der Waals surface area contributed by atoms with E-state index in [-0.39, 0.29) is 5.41 Å². The summed E-state index contributed by atoms with van der Waals surface area (Å²) in [6.45, 7) is 3.24. The summed E-state index contributed by atoms with van der Waals surface area (Å²) >= 11 is 0. The van der Waals surface area contributed by atoms with Gasteiger partial charge in [0.2, 0.25) is 10.0 Å². The molecule has 3 rings (SSSR count). The SMILES string of the molecule is Cc1ccc(S(=O)(=O)N2CCC3(C=CCCC3)C2)cc1. The molecule has 0 bridgehead atoms. The van der Waals surface area contributed by atoms with Crippen LogP contribution < -0.4 is 0 Å². The lowest BCUT2D eigenvalue weighted by molar-refractivity contribution is 0.340. The first kappa shape index (κ1) is 13.8. The van der Waals surface area contributed by atoms with Gasteiger partial charge < -0.3 is 0 Å². The monoisotopic (exact) mass is 291 g/mol. The summed E-state index contributed by atoms with van der Waals surface area (Å²) in [5, 5.41) is 0. The molecule has 0 aromatic heterocycles. The van der Waals surface area contributed by atoms with Crippen molar-refractivity contribution in [1.29, 1.82) is 0 Å². The van der Waals surface area contributed by atoms with Crippen molar-refractivity contribution in [2.45, 2.75) is 37.5 Å². The second-order valence-corrected chi connectivity index (χ2v) is 8.00. The molecule has 1 heterocycles. The Labute approximate surface area is 121 Å². The molecular weight excluding hydrogens is 270 g/mol. The van der Waals surface area contributed by atoms with Crippen LogP contribution in [0.5, 0.6) is 0 Å². The molecule has 1 aliphatic carbocycles. The van der Waals surface area contributed by atoms with Crippen molar-refractivity contribution in [2.24, 2.45) is 5.41 Å². The lowest BCUT2D eigenvalue weighted by atomic mass is 9.78. The molecule has 1 saturated heterocycles. The third-order valence-corrected chi connectivity index (χ3v) is 6.39. The zero-order chi connectivity index (χ0) is 14.2. The number of allylic oxidation sites excluding steroid dienone is 1. The van der Waals surface area contributed by atoms with Crippen LogP contribution in [0.3, 0.4) is 0 Å². The van der Waals surface area contributed by atoms with Crippen LogP contribution in [0.4, 0.5) is 0 Å². The van der Waals surface area contributed by atoms with Gasteiger partial charge in [0, 0.05) is 18.5 Å². The Morgan fingerprint density at radius 1 is 1.15 bits per heavy atom. The van der Waals surface area contributed by atoms with Crippen LogP contribution in [-0.2, 0) is 10.0 Å². The molecule has 108 valence electrons. The maximum Gasteiger partial charge on any atom is 0.243 e. The molecule has 0 N–H and O–H groups in total. The lowest BCUT2D eigenvalue weighted by Crippen LogP contribution is -2.32. The topological polar surface area (TPSA) is 37.4 Å². The smallest absolute Gasteiger partial charge is 0.207 e. The van der Waals surface area contributed by atoms with Gasteiger partial charge in [-0.1, -0.05) is 29.8 Å². The fourth-order valence-electron chi connectivity index (χ4n) is 3.25. The first-order valence-corrected chi connectivity index (χ1v) is 8.70. The van der Waals surface area contributed by atoms with Gasteiger partial charge >= 0.3 is 0 Å². The first-order chi connectivity index (χ1) is 9.52. The quantitative estimate of drug-likeness (QED) is 0.785. The predicted octanol–water partition coefficient (Wildman–Crippen LogP) is 3.12. The van der Waals surface area contributed by atoms with Crippen molar-refractivity contribution in [1.82, 2.24) is 4.31 Å². The van der Waals surface area contributed by atoms with Crippen LogP contribution in [0.2, 0.25) is 0 Å². The largest absolute Gasteiger partial charge is 0.243 e. The van der Waals surface area contributed by atoms with Crippen molar-refractivity contribution in [2.75, 3.05) is 13.1 Å². The van der Waals surface area contributed by atoms with Gasteiger partial charge in [-0.05, 0) is 44.7 Å². The van der Waals surface area contributed by atoms with Crippen molar-refractivity contribution in [3.63, 3.8) is 0 Å². The summed E-state index contributed by atoms with van der Waals surface area (Å²) in [6.07, 6.45) is 8.84. The van der Waals surface area contributed by atoms with Crippen molar-refractivity contribution in [3.05, 3.63) is 42.0 Å². The van der Waals surface area contributed by atoms with Crippen LogP contribution in [0.15, 0.2) is 41.3 Å². The zero-order valence-electron chi connectivity index (χ0n) is 11.9. The van der Waals surface area contributed by atoms with E-state index in [0.717, 1.165) is 24.8 Å². The standard InChI is InChI=1S/C16H21NO2S/c1-14-5-7-15(8-6-14)20(18,19)17-12-11-16(13-17)9-3-2-4-10-16/h3,5-9H,2,4,10-13H2,1H3. The van der Waals surface area contributed by atoms with Crippen LogP contribution in [0, 0.1) is 12.3 Å². The Hall–Kier alpha value is -1.13. The molecule has 1 spiro atoms. The second-order valence-electron chi connectivity index (χ2n) is 6.06. The second kappa shape index (κ2) is 5.01. The Morgan fingerprint density at radius 2 is 1.90 bits per heavy atom. The fraction of sp³-hybridized carbons (Fsp3) is 0.500. The molecule has 1 aliphatic heterocycles. The Morgan fingerprint density at radius 3 is 2.55 bits per heavy atom. The van der Waals surface area contributed by atoms with Crippen LogP contribution >= 0.6 is 0 Å². The number of benzene rings is 1. The van der Waals surface area contributed by atoms with E-state index in [1.54, 1.807) is 16.4 Å². The summed E-state index contributed by atoms with van der Waals surface area (Å²) in [7, 11) is -3.33. The molecule has 0 radical (unpaired) electrons. The van der Waals surface area contributed by atoms with Crippen molar-refractivity contribution >= 4 is 10.0 Å². The van der Waals surface area contributed by atoms with Gasteiger partial charge in [-0.25, -0.2) is 8.42 Å². The molecule has 4 heteroatoms. The molecule has 2 aliphatic rings. The summed E-state index contributed by atoms with van der Waals surface area (Å²) < 4.78 is 27.0. The van der Waals surface area contributed by atoms with Gasteiger partial charge in [0.1, 0.15) is 0 Å². The summed E-state index contributed by atoms with van der Waals surface area (Å²) in [5.41, 5.74) is 1.17. The van der Waals surface area contributed by atoms with E-state index in [4.69, 9.17) is 0 Å². The highest BCUT2D eigenvalue weighted by Gasteiger charge is 2.41. The van der Waals surface area contributed by atoms with Gasteiger partial charge in [0.25, 0.3) is 0 Å². The molecule has 1 aromatic carbocycles. The van der Waals surface area contributed by atoms with E-state index in [2.05, 4.69) is 12.2 Å². The summed E-state index contributed by atoms with van der Waals surface area (Å²) in [6, 6.07) is 7.15. The molecule has 1 aromatic rings. The molecule has 1 atom stereocenters. The molecule has 3 nitrogen and oxygen atoms in total. The minimum absolute atomic E-state index is 0.0933. The van der Waals surface area contributed by atoms with Gasteiger partial charge in [0.05, 0.1) is 4.90 Å². The van der Waals surface area contributed by atoms with Crippen LogP contribution in [-0.4, -0.2) is 25.8 Å². The molecule has 0 saturated carbocycles. The normalized spacial score (nSPS) is 27.2. The van der Waals surface area contributed by atoms with E-state index in [9.17, 15) is 8.42 Å². The number of rotatable bonds is 2. The predicted molar refractivity (Wildman–Crippen MR) is 80.0 cm³/mol. The van der Waals surface area contributed by atoms with Crippen molar-refractivity contribution < 1.29 is 8.42 Å². The highest BCUT2D eigenvalue weighted by atomic mass is 32.2. The number of hydrogen-bond acceptors (Lipinski definition) is 2. The summed E-state index contributed by atoms with van der Waals surface area (Å²) in [5.74, 6) is 0. The third-order valence-electron chi connectivity index (χ3n) is 4.53. The highest BCUT2D eigenvalue weighted by molar-refractivity contribution is 7.89. The molecular formula is C16H21NO2S. The number of aryl methyl sites for hydroxylation is 1. The van der Waals surface area contributed by atoms with E-state index in [0.29, 0.717) is 18.0 Å². The molecule has 1 unspecified atom stereocenters. The molecule has 0 amide bonds. The van der Waals surface area contributed by atoms with E-state index in [1.165, 1.54) is 6.42 Å². The zero-order valence-corrected chi connectivity index (χ0v) is 12.7. The average molecular weight is 291 g/mol. The highest BCUT2D eigenvalue weighted by Crippen LogP contribution is 2.41. The van der Waals surface area contributed by atoms with E-state index >= 15 is 0 Å². The maximum atomic E-state index is 12.7. The van der Waals surface area contributed by atoms with Gasteiger partial charge in [-0.3, -0.25) is 0 Å². The van der Waals surface area contributed by atoms with Gasteiger partial charge in [0.15, 0.2) is 0 Å². The number of sulfonamides is 1. The third kappa shape index (κ3) is 2.42. The molecule has 20 heavy (non-hydrogen) atoms. The maximum absolute atomic E-state index is 12.7. The summed E-state index contributed by atoms with van der Waals surface area (Å²) in [4.78, 5) is 0.417. The molecule has 1 fully saturated rings. The average Bonchev–Trinajstić information content (AvgIpc) is 2.85. The van der Waals surface area contributed by atoms with E-state index in [1.807, 2.05) is 19.1 Å². The minimum atomic E-state index is -3.33. The van der Waals surface area contributed by atoms with E-state index < -0.39 is 10.0 Å².